The second-order valence-electron chi connectivity index (χ2n) is 7.91. The number of pyridine rings is 1. The lowest BCUT2D eigenvalue weighted by Crippen LogP contribution is -2.58. The Hall–Kier alpha value is -1.78. The van der Waals surface area contributed by atoms with Crippen molar-refractivity contribution in [1.29, 1.82) is 0 Å². The number of rotatable bonds is 4. The number of fused-ring (bicyclic) bond motifs is 3. The standard InChI is InChI=1S/C21H24FN3/c22-18-5-6-19(23-13-18)15-1-3-17(4-2-15)21(9-10-21)24-20-14-25-11-7-16(20)8-12-25/h1-6,13,16,20,24H,7-12,14H2/t20-/m1/s1. The molecule has 0 amide bonds. The number of benzene rings is 1. The van der Waals surface area contributed by atoms with Gasteiger partial charge in [-0.1, -0.05) is 24.3 Å². The van der Waals surface area contributed by atoms with Crippen molar-refractivity contribution in [3.8, 4) is 11.3 Å². The van der Waals surface area contributed by atoms with Crippen LogP contribution < -0.4 is 5.32 Å². The van der Waals surface area contributed by atoms with E-state index >= 15 is 0 Å². The molecule has 0 radical (unpaired) electrons. The van der Waals surface area contributed by atoms with E-state index in [-0.39, 0.29) is 11.4 Å². The molecular formula is C21H24FN3. The lowest BCUT2D eigenvalue weighted by molar-refractivity contribution is 0.0648. The molecule has 6 rings (SSSR count). The van der Waals surface area contributed by atoms with Crippen LogP contribution in [0.15, 0.2) is 42.6 Å². The molecule has 0 unspecified atom stereocenters. The van der Waals surface area contributed by atoms with E-state index in [4.69, 9.17) is 0 Å². The molecule has 2 bridgehead atoms. The average molecular weight is 337 g/mol. The van der Waals surface area contributed by atoms with Crippen LogP contribution in [0.1, 0.15) is 31.2 Å². The Bertz CT molecular complexity index is 744. The highest BCUT2D eigenvalue weighted by atomic mass is 19.1. The fourth-order valence-electron chi connectivity index (χ4n) is 4.63. The van der Waals surface area contributed by atoms with Gasteiger partial charge < -0.3 is 10.2 Å². The Morgan fingerprint density at radius 2 is 1.80 bits per heavy atom. The van der Waals surface area contributed by atoms with Crippen molar-refractivity contribution in [3.63, 3.8) is 0 Å². The SMILES string of the molecule is Fc1ccc(-c2ccc(C3(N[C@@H]4CN5CCC4CC5)CC3)cc2)nc1. The number of halogens is 1. The van der Waals surface area contributed by atoms with Crippen LogP contribution in [-0.4, -0.2) is 35.6 Å². The van der Waals surface area contributed by atoms with Crippen LogP contribution in [0.3, 0.4) is 0 Å². The second-order valence-corrected chi connectivity index (χ2v) is 7.91. The molecule has 4 heteroatoms. The first-order valence-corrected chi connectivity index (χ1v) is 9.44. The molecule has 1 N–H and O–H groups in total. The second kappa shape index (κ2) is 5.89. The van der Waals surface area contributed by atoms with Crippen LogP contribution in [-0.2, 0) is 5.54 Å². The summed E-state index contributed by atoms with van der Waals surface area (Å²) >= 11 is 0. The fraction of sp³-hybridized carbons (Fsp3) is 0.476. The highest BCUT2D eigenvalue weighted by Gasteiger charge is 2.48. The molecule has 3 nitrogen and oxygen atoms in total. The fourth-order valence-corrected chi connectivity index (χ4v) is 4.63. The van der Waals surface area contributed by atoms with Crippen LogP contribution in [0.2, 0.25) is 0 Å². The maximum absolute atomic E-state index is 13.0. The average Bonchev–Trinajstić information content (AvgIpc) is 3.44. The zero-order chi connectivity index (χ0) is 16.9. The summed E-state index contributed by atoms with van der Waals surface area (Å²) in [4.78, 5) is 6.79. The van der Waals surface area contributed by atoms with Crippen LogP contribution in [0, 0.1) is 11.7 Å². The first-order valence-electron chi connectivity index (χ1n) is 9.44. The minimum atomic E-state index is -0.293. The zero-order valence-corrected chi connectivity index (χ0v) is 14.4. The molecule has 1 aromatic carbocycles. The van der Waals surface area contributed by atoms with Crippen molar-refractivity contribution in [2.75, 3.05) is 19.6 Å². The van der Waals surface area contributed by atoms with Crippen LogP contribution in [0.25, 0.3) is 11.3 Å². The van der Waals surface area contributed by atoms with Gasteiger partial charge in [0.2, 0.25) is 0 Å². The molecule has 2 aromatic rings. The molecule has 1 saturated carbocycles. The molecule has 1 atom stereocenters. The molecule has 25 heavy (non-hydrogen) atoms. The predicted octanol–water partition coefficient (Wildman–Crippen LogP) is 3.56. The van der Waals surface area contributed by atoms with Gasteiger partial charge in [0.1, 0.15) is 5.82 Å². The summed E-state index contributed by atoms with van der Waals surface area (Å²) in [5, 5.41) is 4.01. The summed E-state index contributed by atoms with van der Waals surface area (Å²) in [5.41, 5.74) is 3.43. The van der Waals surface area contributed by atoms with Crippen molar-refractivity contribution >= 4 is 0 Å². The molecular weight excluding hydrogens is 313 g/mol. The number of aromatic nitrogens is 1. The van der Waals surface area contributed by atoms with Gasteiger partial charge in [-0.25, -0.2) is 4.39 Å². The summed E-state index contributed by atoms with van der Waals surface area (Å²) in [6, 6.07) is 12.5. The number of piperidine rings is 3. The van der Waals surface area contributed by atoms with E-state index in [1.165, 1.54) is 63.1 Å². The lowest BCUT2D eigenvalue weighted by atomic mass is 9.83. The van der Waals surface area contributed by atoms with Gasteiger partial charge in [0.15, 0.2) is 0 Å². The van der Waals surface area contributed by atoms with Gasteiger partial charge in [-0.15, -0.1) is 0 Å². The number of nitrogens with one attached hydrogen (secondary N) is 1. The van der Waals surface area contributed by atoms with E-state index in [2.05, 4.69) is 39.5 Å². The van der Waals surface area contributed by atoms with E-state index in [9.17, 15) is 4.39 Å². The molecule has 0 spiro atoms. The Kier molecular flexibility index (Phi) is 3.64. The Labute approximate surface area is 148 Å². The molecule has 4 fully saturated rings. The maximum atomic E-state index is 13.0. The van der Waals surface area contributed by atoms with E-state index in [1.54, 1.807) is 6.07 Å². The molecule has 1 aromatic heterocycles. The number of hydrogen-bond acceptors (Lipinski definition) is 3. The van der Waals surface area contributed by atoms with Gasteiger partial charge in [-0.2, -0.15) is 0 Å². The minimum absolute atomic E-state index is 0.179. The van der Waals surface area contributed by atoms with Crippen molar-refractivity contribution in [2.45, 2.75) is 37.3 Å². The molecule has 1 aliphatic carbocycles. The third-order valence-electron chi connectivity index (χ3n) is 6.33. The van der Waals surface area contributed by atoms with E-state index in [0.717, 1.165) is 17.2 Å². The van der Waals surface area contributed by atoms with Gasteiger partial charge >= 0.3 is 0 Å². The van der Waals surface area contributed by atoms with Crippen molar-refractivity contribution in [1.82, 2.24) is 15.2 Å². The third-order valence-corrected chi connectivity index (χ3v) is 6.33. The molecule has 3 aliphatic heterocycles. The Morgan fingerprint density at radius 3 is 2.36 bits per heavy atom. The largest absolute Gasteiger partial charge is 0.303 e. The van der Waals surface area contributed by atoms with E-state index < -0.39 is 0 Å². The van der Waals surface area contributed by atoms with Gasteiger partial charge in [0.05, 0.1) is 11.9 Å². The third kappa shape index (κ3) is 2.87. The van der Waals surface area contributed by atoms with Crippen LogP contribution in [0.4, 0.5) is 4.39 Å². The molecule has 130 valence electrons. The topological polar surface area (TPSA) is 28.2 Å². The predicted molar refractivity (Wildman–Crippen MR) is 96.6 cm³/mol. The van der Waals surface area contributed by atoms with E-state index in [1.807, 2.05) is 0 Å². The summed E-state index contributed by atoms with van der Waals surface area (Å²) < 4.78 is 13.0. The summed E-state index contributed by atoms with van der Waals surface area (Å²) in [5.74, 6) is 0.559. The minimum Gasteiger partial charge on any atom is -0.303 e. The van der Waals surface area contributed by atoms with Gasteiger partial charge in [0.25, 0.3) is 0 Å². The lowest BCUT2D eigenvalue weighted by Gasteiger charge is -2.46. The molecule has 4 aliphatic rings. The normalized spacial score (nSPS) is 29.6. The molecule has 3 saturated heterocycles. The number of hydrogen-bond donors (Lipinski definition) is 1. The van der Waals surface area contributed by atoms with Crippen molar-refractivity contribution < 1.29 is 4.39 Å². The summed E-state index contributed by atoms with van der Waals surface area (Å²) in [7, 11) is 0. The van der Waals surface area contributed by atoms with Crippen LogP contribution >= 0.6 is 0 Å². The smallest absolute Gasteiger partial charge is 0.141 e. The highest BCUT2D eigenvalue weighted by Crippen LogP contribution is 2.47. The first-order chi connectivity index (χ1) is 12.2. The number of nitrogens with zero attached hydrogens (tertiary/aromatic N) is 2. The Morgan fingerprint density at radius 1 is 1.04 bits per heavy atom. The Balaban J connectivity index is 1.33. The highest BCUT2D eigenvalue weighted by molar-refractivity contribution is 5.59. The van der Waals surface area contributed by atoms with Crippen molar-refractivity contribution in [2.24, 2.45) is 5.92 Å². The monoisotopic (exact) mass is 337 g/mol. The summed E-state index contributed by atoms with van der Waals surface area (Å²) in [6.07, 6.45) is 6.43. The quantitative estimate of drug-likeness (QED) is 0.925. The first kappa shape index (κ1) is 15.5. The maximum Gasteiger partial charge on any atom is 0.141 e. The van der Waals surface area contributed by atoms with Gasteiger partial charge in [-0.3, -0.25) is 4.98 Å². The van der Waals surface area contributed by atoms with Gasteiger partial charge in [0, 0.05) is 23.7 Å². The van der Waals surface area contributed by atoms with E-state index in [0.29, 0.717) is 6.04 Å². The summed E-state index contributed by atoms with van der Waals surface area (Å²) in [6.45, 7) is 3.79. The molecule has 4 heterocycles. The van der Waals surface area contributed by atoms with Crippen molar-refractivity contribution in [3.05, 3.63) is 54.0 Å². The van der Waals surface area contributed by atoms with Crippen LogP contribution in [0.5, 0.6) is 0 Å². The van der Waals surface area contributed by atoms with Gasteiger partial charge in [-0.05, 0) is 62.4 Å². The zero-order valence-electron chi connectivity index (χ0n) is 14.4.